The summed E-state index contributed by atoms with van der Waals surface area (Å²) in [6.45, 7) is 6.19. The molecule has 1 aliphatic carbocycles. The third-order valence-electron chi connectivity index (χ3n) is 10.2. The molecule has 268 valence electrons. The van der Waals surface area contributed by atoms with Gasteiger partial charge in [0.15, 0.2) is 0 Å². The zero-order valence-electron chi connectivity index (χ0n) is 28.2. The summed E-state index contributed by atoms with van der Waals surface area (Å²) in [4.78, 5) is 51.8. The highest BCUT2D eigenvalue weighted by Gasteiger charge is 2.50. The van der Waals surface area contributed by atoms with Crippen LogP contribution >= 0.6 is 0 Å². The number of aromatic nitrogens is 1. The molecule has 6 rings (SSSR count). The van der Waals surface area contributed by atoms with E-state index in [4.69, 9.17) is 18.9 Å². The van der Waals surface area contributed by atoms with Gasteiger partial charge in [-0.15, -0.1) is 0 Å². The van der Waals surface area contributed by atoms with Gasteiger partial charge in [-0.05, 0) is 49.8 Å². The van der Waals surface area contributed by atoms with Crippen LogP contribution in [-0.4, -0.2) is 66.6 Å². The molecule has 4 atom stereocenters. The number of fused-ring (bicyclic) bond motifs is 3. The minimum absolute atomic E-state index is 0.00497. The molecule has 3 unspecified atom stereocenters. The average Bonchev–Trinajstić information content (AvgIpc) is 3.46. The molecular formula is C34H40N4O11S. The predicted octanol–water partition coefficient (Wildman–Crippen LogP) is 3.67. The van der Waals surface area contributed by atoms with Crippen LogP contribution in [0, 0.1) is 38.7 Å². The fraction of sp³-hybridized carbons (Fsp3) is 0.588. The van der Waals surface area contributed by atoms with Crippen molar-refractivity contribution in [2.75, 3.05) is 26.4 Å². The Morgan fingerprint density at radius 2 is 1.80 bits per heavy atom. The van der Waals surface area contributed by atoms with E-state index in [-0.39, 0.29) is 71.6 Å². The number of carbonyl (C=O) groups is 2. The van der Waals surface area contributed by atoms with Gasteiger partial charge < -0.3 is 23.5 Å². The first-order valence-electron chi connectivity index (χ1n) is 16.8. The van der Waals surface area contributed by atoms with E-state index in [1.165, 1.54) is 10.6 Å². The van der Waals surface area contributed by atoms with Gasteiger partial charge >= 0.3 is 11.9 Å². The minimum Gasteiger partial charge on any atom is -0.463 e. The second-order valence-electron chi connectivity index (χ2n) is 14.1. The molecule has 4 heterocycles. The van der Waals surface area contributed by atoms with Crippen molar-refractivity contribution in [2.45, 2.75) is 88.7 Å². The lowest BCUT2D eigenvalue weighted by molar-refractivity contribution is -0.384. The van der Waals surface area contributed by atoms with E-state index in [0.29, 0.717) is 13.2 Å². The fourth-order valence-corrected chi connectivity index (χ4v) is 9.16. The average molecular weight is 713 g/mol. The summed E-state index contributed by atoms with van der Waals surface area (Å²) in [6.07, 6.45) is 1.86. The molecule has 1 spiro atoms. The van der Waals surface area contributed by atoms with Crippen LogP contribution in [0.5, 0.6) is 0 Å². The molecule has 1 saturated carbocycles. The van der Waals surface area contributed by atoms with Crippen molar-refractivity contribution in [2.24, 2.45) is 17.3 Å². The lowest BCUT2D eigenvalue weighted by atomic mass is 9.73. The zero-order valence-corrected chi connectivity index (χ0v) is 29.0. The number of esters is 2. The van der Waals surface area contributed by atoms with Crippen molar-refractivity contribution in [3.05, 3.63) is 67.6 Å². The van der Waals surface area contributed by atoms with Crippen LogP contribution in [-0.2, 0) is 50.9 Å². The number of carbonyl (C=O) groups excluding carboxylic acids is 2. The topological polar surface area (TPSA) is 197 Å². The smallest absolute Gasteiger partial charge is 0.352 e. The maximum absolute atomic E-state index is 14.2. The maximum Gasteiger partial charge on any atom is 0.352 e. The number of pyridine rings is 1. The summed E-state index contributed by atoms with van der Waals surface area (Å²) in [5, 5.41) is 21.4. The van der Waals surface area contributed by atoms with Crippen molar-refractivity contribution in [1.29, 1.82) is 5.26 Å². The largest absolute Gasteiger partial charge is 0.463 e. The molecular weight excluding hydrogens is 672 g/mol. The van der Waals surface area contributed by atoms with Crippen molar-refractivity contribution in [3.8, 4) is 6.07 Å². The van der Waals surface area contributed by atoms with Gasteiger partial charge in [0, 0.05) is 42.6 Å². The third kappa shape index (κ3) is 6.43. The van der Waals surface area contributed by atoms with E-state index in [1.54, 1.807) is 6.92 Å². The van der Waals surface area contributed by atoms with Crippen LogP contribution in [0.25, 0.3) is 0 Å². The van der Waals surface area contributed by atoms with Crippen LogP contribution in [0.2, 0.25) is 0 Å². The Bertz CT molecular complexity index is 1890. The first-order chi connectivity index (χ1) is 23.7. The first kappa shape index (κ1) is 35.6. The number of hydrogen-bond donors (Lipinski definition) is 0. The van der Waals surface area contributed by atoms with Crippen LogP contribution in [0.1, 0.15) is 82.2 Å². The number of benzene rings is 1. The summed E-state index contributed by atoms with van der Waals surface area (Å²) < 4.78 is 54.1. The summed E-state index contributed by atoms with van der Waals surface area (Å²) in [5.74, 6) is -3.44. The molecule has 2 saturated heterocycles. The molecule has 15 nitrogen and oxygen atoms in total. The Morgan fingerprint density at radius 1 is 1.14 bits per heavy atom. The molecule has 1 aromatic carbocycles. The number of hydrogen-bond acceptors (Lipinski definition) is 12. The molecule has 2 aromatic rings. The number of nitro groups is 1. The number of ether oxygens (including phenoxy) is 4. The lowest BCUT2D eigenvalue weighted by Crippen LogP contribution is -2.54. The van der Waals surface area contributed by atoms with Crippen LogP contribution in [0.4, 0.5) is 5.69 Å². The number of non-ortho nitro benzene ring substituents is 1. The van der Waals surface area contributed by atoms with Gasteiger partial charge in [0.05, 0.1) is 35.3 Å². The minimum atomic E-state index is -4.38. The Balaban J connectivity index is 1.39. The van der Waals surface area contributed by atoms with E-state index < -0.39 is 55.9 Å². The summed E-state index contributed by atoms with van der Waals surface area (Å²) in [5.41, 5.74) is -1.69. The second kappa shape index (κ2) is 13.5. The molecule has 1 aromatic heterocycles. The Hall–Kier alpha value is -4.17. The predicted molar refractivity (Wildman–Crippen MR) is 174 cm³/mol. The molecule has 0 bridgehead atoms. The van der Waals surface area contributed by atoms with Gasteiger partial charge in [0.1, 0.15) is 17.7 Å². The van der Waals surface area contributed by atoms with Gasteiger partial charge in [-0.3, -0.25) is 19.7 Å². The highest BCUT2D eigenvalue weighted by Crippen LogP contribution is 2.44. The third-order valence-corrected chi connectivity index (χ3v) is 12.1. The Morgan fingerprint density at radius 3 is 2.42 bits per heavy atom. The number of piperidine rings is 1. The van der Waals surface area contributed by atoms with E-state index in [2.05, 4.69) is 0 Å². The fourth-order valence-electron chi connectivity index (χ4n) is 7.51. The standard InChI is InChI=1S/C34H40N4O11S/c1-4-46-32(41)29(25-16-28-34(47-19-33(2,3)20-48-34)13-14-36(28)30(39)26(25)17-35)49-31(40)27-15-21-7-5-6-8-22(21)18-37(27)50(44,45)24-11-9-23(10-12-24)38(42)43/h9-12,16,21-22,27,29H,4-8,13-15,18-20H2,1-3H3/t21?,22?,27-,29?/m1/s1. The summed E-state index contributed by atoms with van der Waals surface area (Å²) in [7, 11) is -4.38. The number of nitro benzene ring substituents is 1. The Labute approximate surface area is 289 Å². The molecule has 50 heavy (non-hydrogen) atoms. The number of nitrogens with zero attached hydrogens (tertiary/aromatic N) is 4. The van der Waals surface area contributed by atoms with Crippen molar-refractivity contribution in [1.82, 2.24) is 8.87 Å². The highest BCUT2D eigenvalue weighted by atomic mass is 32.2. The van der Waals surface area contributed by atoms with Gasteiger partial charge in [0.2, 0.25) is 21.9 Å². The summed E-state index contributed by atoms with van der Waals surface area (Å²) >= 11 is 0. The quantitative estimate of drug-likeness (QED) is 0.219. The molecule has 4 aliphatic rings. The van der Waals surface area contributed by atoms with E-state index in [0.717, 1.165) is 54.3 Å². The molecule has 3 fully saturated rings. The van der Waals surface area contributed by atoms with Crippen molar-refractivity contribution in [3.63, 3.8) is 0 Å². The van der Waals surface area contributed by atoms with Crippen molar-refractivity contribution >= 4 is 27.6 Å². The SMILES string of the molecule is CCOC(=O)C(OC(=O)[C@H]1CC2CCCCC2CN1S(=O)(=O)c1ccc([N+](=O)[O-])cc1)c1cc2n(c(=O)c1C#N)CCC21OCC(C)(C)CO1. The van der Waals surface area contributed by atoms with E-state index in [9.17, 15) is 38.2 Å². The number of sulfonamides is 1. The monoisotopic (exact) mass is 712 g/mol. The highest BCUT2D eigenvalue weighted by molar-refractivity contribution is 7.89. The van der Waals surface area contributed by atoms with E-state index in [1.807, 2.05) is 19.9 Å². The second-order valence-corrected chi connectivity index (χ2v) is 16.0. The van der Waals surface area contributed by atoms with Crippen molar-refractivity contribution < 1.29 is 41.9 Å². The number of nitriles is 1. The summed E-state index contributed by atoms with van der Waals surface area (Å²) in [6, 6.07) is 6.29. The normalized spacial score (nSPS) is 24.7. The first-order valence-corrected chi connectivity index (χ1v) is 18.2. The molecule has 0 radical (unpaired) electrons. The van der Waals surface area contributed by atoms with Gasteiger partial charge in [-0.2, -0.15) is 9.57 Å². The molecule has 0 amide bonds. The Kier molecular flexibility index (Phi) is 9.64. The van der Waals surface area contributed by atoms with E-state index >= 15 is 0 Å². The van der Waals surface area contributed by atoms with Gasteiger partial charge in [-0.1, -0.05) is 33.1 Å². The van der Waals surface area contributed by atoms with Gasteiger partial charge in [-0.25, -0.2) is 13.2 Å². The van der Waals surface area contributed by atoms with Crippen LogP contribution in [0.3, 0.4) is 0 Å². The molecule has 3 aliphatic heterocycles. The number of rotatable bonds is 8. The van der Waals surface area contributed by atoms with Crippen LogP contribution in [0.15, 0.2) is 40.0 Å². The molecule has 16 heteroatoms. The van der Waals surface area contributed by atoms with Crippen LogP contribution < -0.4 is 5.56 Å². The van der Waals surface area contributed by atoms with Gasteiger partial charge in [0.25, 0.3) is 11.2 Å². The maximum atomic E-state index is 14.2. The molecule has 0 N–H and O–H groups in total. The lowest BCUT2D eigenvalue weighted by Gasteiger charge is -2.44. The zero-order chi connectivity index (χ0) is 36.0.